The predicted molar refractivity (Wildman–Crippen MR) is 65.6 cm³/mol. The van der Waals surface area contributed by atoms with Crippen LogP contribution in [-0.4, -0.2) is 18.8 Å². The number of hydrogen-bond acceptors (Lipinski definition) is 2. The maximum Gasteiger partial charge on any atom is 0.406 e. The predicted octanol–water partition coefficient (Wildman–Crippen LogP) is 3.64. The van der Waals surface area contributed by atoms with Crippen LogP contribution in [0.2, 0.25) is 0 Å². The topological polar surface area (TPSA) is 21.3 Å². The van der Waals surface area contributed by atoms with Crippen LogP contribution in [0.25, 0.3) is 0 Å². The fourth-order valence-corrected chi connectivity index (χ4v) is 2.24. The highest BCUT2D eigenvalue weighted by Gasteiger charge is 2.62. The zero-order valence-corrected chi connectivity index (χ0v) is 11.4. The summed E-state index contributed by atoms with van der Waals surface area (Å²) < 4.78 is 44.2. The summed E-state index contributed by atoms with van der Waals surface area (Å²) in [4.78, 5) is 0. The van der Waals surface area contributed by atoms with Crippen LogP contribution in [0.4, 0.5) is 13.2 Å². The van der Waals surface area contributed by atoms with Crippen molar-refractivity contribution in [2.75, 3.05) is 7.11 Å². The first-order valence-electron chi connectivity index (χ1n) is 5.52. The van der Waals surface area contributed by atoms with Crippen LogP contribution in [-0.2, 0) is 6.54 Å². The molecular formula is C12H13BrF3NO. The summed E-state index contributed by atoms with van der Waals surface area (Å²) in [6.45, 7) is 0.141. The van der Waals surface area contributed by atoms with Gasteiger partial charge in [0.2, 0.25) is 0 Å². The van der Waals surface area contributed by atoms with Gasteiger partial charge in [-0.3, -0.25) is 5.32 Å². The molecule has 1 N–H and O–H groups in total. The summed E-state index contributed by atoms with van der Waals surface area (Å²) >= 11 is 3.30. The molecule has 1 aromatic rings. The first-order valence-corrected chi connectivity index (χ1v) is 6.31. The number of rotatable bonds is 4. The van der Waals surface area contributed by atoms with Gasteiger partial charge in [-0.2, -0.15) is 13.2 Å². The van der Waals surface area contributed by atoms with Gasteiger partial charge in [0.15, 0.2) is 0 Å². The Kier molecular flexibility index (Phi) is 3.60. The van der Waals surface area contributed by atoms with Gasteiger partial charge in [0.1, 0.15) is 11.3 Å². The van der Waals surface area contributed by atoms with Crippen LogP contribution >= 0.6 is 15.9 Å². The SMILES string of the molecule is COc1ccc(Br)cc1CNC1(C(F)(F)F)CC1. The summed E-state index contributed by atoms with van der Waals surface area (Å²) in [5, 5.41) is 2.60. The van der Waals surface area contributed by atoms with E-state index in [9.17, 15) is 13.2 Å². The number of ether oxygens (including phenoxy) is 1. The van der Waals surface area contributed by atoms with Gasteiger partial charge in [0.05, 0.1) is 7.11 Å². The molecule has 1 aliphatic rings. The van der Waals surface area contributed by atoms with Gasteiger partial charge < -0.3 is 4.74 Å². The molecule has 0 unspecified atom stereocenters. The average Bonchev–Trinajstić information content (AvgIpc) is 3.07. The fraction of sp³-hybridized carbons (Fsp3) is 0.500. The Labute approximate surface area is 112 Å². The molecule has 2 nitrogen and oxygen atoms in total. The highest BCUT2D eigenvalue weighted by Crippen LogP contribution is 2.49. The lowest BCUT2D eigenvalue weighted by atomic mass is 10.1. The van der Waals surface area contributed by atoms with Crippen molar-refractivity contribution in [2.24, 2.45) is 0 Å². The van der Waals surface area contributed by atoms with Crippen molar-refractivity contribution < 1.29 is 17.9 Å². The monoisotopic (exact) mass is 323 g/mol. The van der Waals surface area contributed by atoms with Gasteiger partial charge in [-0.25, -0.2) is 0 Å². The molecule has 100 valence electrons. The zero-order valence-electron chi connectivity index (χ0n) is 9.77. The standard InChI is InChI=1S/C12H13BrF3NO/c1-18-10-3-2-9(13)6-8(10)7-17-11(4-5-11)12(14,15)16/h2-3,6,17H,4-5,7H2,1H3. The highest BCUT2D eigenvalue weighted by molar-refractivity contribution is 9.10. The number of methoxy groups -OCH3 is 1. The number of alkyl halides is 3. The molecule has 18 heavy (non-hydrogen) atoms. The van der Waals surface area contributed by atoms with Crippen molar-refractivity contribution >= 4 is 15.9 Å². The van der Waals surface area contributed by atoms with E-state index in [1.165, 1.54) is 7.11 Å². The molecule has 2 rings (SSSR count). The van der Waals surface area contributed by atoms with E-state index in [0.717, 1.165) is 4.47 Å². The van der Waals surface area contributed by atoms with Gasteiger partial charge in [-0.15, -0.1) is 0 Å². The Balaban J connectivity index is 2.09. The molecule has 0 aromatic heterocycles. The van der Waals surface area contributed by atoms with Crippen LogP contribution < -0.4 is 10.1 Å². The maximum atomic E-state index is 12.8. The molecule has 1 aliphatic carbocycles. The van der Waals surface area contributed by atoms with E-state index >= 15 is 0 Å². The third-order valence-corrected chi connectivity index (χ3v) is 3.65. The summed E-state index contributed by atoms with van der Waals surface area (Å²) in [6, 6.07) is 5.28. The van der Waals surface area contributed by atoms with Crippen LogP contribution in [0.1, 0.15) is 18.4 Å². The van der Waals surface area contributed by atoms with Crippen molar-refractivity contribution in [2.45, 2.75) is 31.1 Å². The lowest BCUT2D eigenvalue weighted by molar-refractivity contribution is -0.166. The largest absolute Gasteiger partial charge is 0.496 e. The minimum atomic E-state index is -4.19. The molecule has 6 heteroatoms. The second kappa shape index (κ2) is 4.74. The van der Waals surface area contributed by atoms with Crippen molar-refractivity contribution in [1.82, 2.24) is 5.32 Å². The van der Waals surface area contributed by atoms with E-state index in [1.54, 1.807) is 18.2 Å². The lowest BCUT2D eigenvalue weighted by Gasteiger charge is -2.21. The number of nitrogens with one attached hydrogen (secondary N) is 1. The molecule has 1 aromatic carbocycles. The molecule has 0 atom stereocenters. The smallest absolute Gasteiger partial charge is 0.406 e. The number of hydrogen-bond donors (Lipinski definition) is 1. The van der Waals surface area contributed by atoms with Gasteiger partial charge in [0.25, 0.3) is 0 Å². The van der Waals surface area contributed by atoms with Crippen molar-refractivity contribution in [1.29, 1.82) is 0 Å². The van der Waals surface area contributed by atoms with Crippen molar-refractivity contribution in [3.8, 4) is 5.75 Å². The van der Waals surface area contributed by atoms with Gasteiger partial charge in [-0.1, -0.05) is 15.9 Å². The molecule has 1 saturated carbocycles. The maximum absolute atomic E-state index is 12.8. The summed E-state index contributed by atoms with van der Waals surface area (Å²) in [6.07, 6.45) is -3.90. The summed E-state index contributed by atoms with van der Waals surface area (Å²) in [5.41, 5.74) is -0.984. The van der Waals surface area contributed by atoms with Crippen LogP contribution in [0.5, 0.6) is 5.75 Å². The zero-order chi connectivity index (χ0) is 13.4. The molecule has 1 fully saturated rings. The Bertz CT molecular complexity index is 443. The van der Waals surface area contributed by atoms with Gasteiger partial charge >= 0.3 is 6.18 Å². The molecule has 0 amide bonds. The summed E-state index contributed by atoms with van der Waals surface area (Å²) in [7, 11) is 1.50. The molecule has 0 bridgehead atoms. The highest BCUT2D eigenvalue weighted by atomic mass is 79.9. The molecule has 0 heterocycles. The second-order valence-corrected chi connectivity index (χ2v) is 5.31. The average molecular weight is 324 g/mol. The second-order valence-electron chi connectivity index (χ2n) is 4.39. The normalized spacial score (nSPS) is 17.6. The quantitative estimate of drug-likeness (QED) is 0.913. The van der Waals surface area contributed by atoms with Crippen molar-refractivity contribution in [3.63, 3.8) is 0 Å². The van der Waals surface area contributed by atoms with E-state index in [0.29, 0.717) is 11.3 Å². The van der Waals surface area contributed by atoms with E-state index in [-0.39, 0.29) is 19.4 Å². The van der Waals surface area contributed by atoms with Crippen LogP contribution in [0.3, 0.4) is 0 Å². The van der Waals surface area contributed by atoms with Gasteiger partial charge in [0, 0.05) is 16.6 Å². The Morgan fingerprint density at radius 2 is 2.06 bits per heavy atom. The van der Waals surface area contributed by atoms with E-state index in [1.807, 2.05) is 0 Å². The Morgan fingerprint density at radius 3 is 2.56 bits per heavy atom. The van der Waals surface area contributed by atoms with Crippen LogP contribution in [0.15, 0.2) is 22.7 Å². The van der Waals surface area contributed by atoms with E-state index < -0.39 is 11.7 Å². The van der Waals surface area contributed by atoms with E-state index in [2.05, 4.69) is 21.2 Å². The lowest BCUT2D eigenvalue weighted by Crippen LogP contribution is -2.44. The molecule has 0 spiro atoms. The van der Waals surface area contributed by atoms with E-state index in [4.69, 9.17) is 4.74 Å². The van der Waals surface area contributed by atoms with Crippen LogP contribution in [0, 0.1) is 0 Å². The third kappa shape index (κ3) is 2.64. The molecule has 0 radical (unpaired) electrons. The molecule has 0 aliphatic heterocycles. The van der Waals surface area contributed by atoms with Crippen molar-refractivity contribution in [3.05, 3.63) is 28.2 Å². The minimum absolute atomic E-state index is 0.141. The molecular weight excluding hydrogens is 311 g/mol. The fourth-order valence-electron chi connectivity index (χ4n) is 1.84. The summed E-state index contributed by atoms with van der Waals surface area (Å²) in [5.74, 6) is 0.587. The van der Waals surface area contributed by atoms with Gasteiger partial charge in [-0.05, 0) is 31.0 Å². The first-order chi connectivity index (χ1) is 8.38. The minimum Gasteiger partial charge on any atom is -0.496 e. The Morgan fingerprint density at radius 1 is 1.39 bits per heavy atom. The molecule has 0 saturated heterocycles. The third-order valence-electron chi connectivity index (χ3n) is 3.15. The number of halogens is 4. The number of benzene rings is 1. The Hall–Kier alpha value is -0.750. The first kappa shape index (κ1) is 13.7.